The molecule has 0 saturated heterocycles. The van der Waals surface area contributed by atoms with Gasteiger partial charge in [-0.1, -0.05) is 79.4 Å². The van der Waals surface area contributed by atoms with Crippen LogP contribution >= 0.6 is 0 Å². The van der Waals surface area contributed by atoms with Crippen LogP contribution in [0.5, 0.6) is 11.5 Å². The van der Waals surface area contributed by atoms with Crippen LogP contribution in [-0.4, -0.2) is 62.7 Å². The number of carbonyl (C=O) groups excluding carboxylic acids is 2. The molecule has 1 heterocycles. The largest absolute Gasteiger partial charge is 0.486 e. The summed E-state index contributed by atoms with van der Waals surface area (Å²) in [5.74, 6) is 0.0444. The Morgan fingerprint density at radius 3 is 2.31 bits per heavy atom. The van der Waals surface area contributed by atoms with Crippen molar-refractivity contribution in [2.75, 3.05) is 29.8 Å². The maximum absolute atomic E-state index is 14.5. The second kappa shape index (κ2) is 14.8. The lowest BCUT2D eigenvalue weighted by Crippen LogP contribution is -2.55. The van der Waals surface area contributed by atoms with E-state index in [-0.39, 0.29) is 24.2 Å². The van der Waals surface area contributed by atoms with Gasteiger partial charge in [-0.25, -0.2) is 8.42 Å². The minimum Gasteiger partial charge on any atom is -0.486 e. The van der Waals surface area contributed by atoms with Crippen molar-refractivity contribution in [3.05, 3.63) is 89.5 Å². The molecule has 9 nitrogen and oxygen atoms in total. The second-order valence-corrected chi connectivity index (χ2v) is 14.0. The number of carbonyl (C=O) groups is 2. The fraction of sp³-hybridized carbons (Fsp3) is 0.429. The first kappa shape index (κ1) is 32.3. The van der Waals surface area contributed by atoms with Crippen LogP contribution in [0.25, 0.3) is 0 Å². The van der Waals surface area contributed by atoms with Gasteiger partial charge in [0, 0.05) is 25.1 Å². The fourth-order valence-electron chi connectivity index (χ4n) is 6.01. The molecule has 10 heteroatoms. The molecule has 0 bridgehead atoms. The summed E-state index contributed by atoms with van der Waals surface area (Å²) in [6.07, 6.45) is 5.37. The Morgan fingerprint density at radius 2 is 1.60 bits per heavy atom. The summed E-state index contributed by atoms with van der Waals surface area (Å²) >= 11 is 0. The number of anilines is 1. The molecule has 1 aliphatic carbocycles. The molecule has 1 saturated carbocycles. The van der Waals surface area contributed by atoms with E-state index in [1.807, 2.05) is 61.5 Å². The van der Waals surface area contributed by atoms with E-state index < -0.39 is 28.5 Å². The number of nitrogens with one attached hydrogen (secondary N) is 1. The number of hydrogen-bond donors (Lipinski definition) is 1. The molecule has 3 aromatic carbocycles. The van der Waals surface area contributed by atoms with Crippen LogP contribution in [0.15, 0.2) is 72.8 Å². The van der Waals surface area contributed by atoms with E-state index >= 15 is 0 Å². The lowest BCUT2D eigenvalue weighted by Gasteiger charge is -2.35. The fourth-order valence-corrected chi connectivity index (χ4v) is 7.07. The first-order chi connectivity index (χ1) is 21.7. The number of hydrogen-bond acceptors (Lipinski definition) is 6. The summed E-state index contributed by atoms with van der Waals surface area (Å²) in [7, 11) is -3.89. The van der Waals surface area contributed by atoms with Crippen molar-refractivity contribution in [1.82, 2.24) is 10.2 Å². The van der Waals surface area contributed by atoms with Crippen LogP contribution in [0.3, 0.4) is 0 Å². The second-order valence-electron chi connectivity index (χ2n) is 11.8. The summed E-state index contributed by atoms with van der Waals surface area (Å²) < 4.78 is 39.4. The van der Waals surface area contributed by atoms with Crippen molar-refractivity contribution in [1.29, 1.82) is 0 Å². The van der Waals surface area contributed by atoms with E-state index in [0.29, 0.717) is 36.8 Å². The third kappa shape index (κ3) is 8.36. The highest BCUT2D eigenvalue weighted by Gasteiger charge is 2.35. The first-order valence-electron chi connectivity index (χ1n) is 15.8. The average molecular weight is 634 g/mol. The highest BCUT2D eigenvalue weighted by atomic mass is 32.2. The zero-order valence-corrected chi connectivity index (χ0v) is 26.9. The molecule has 0 spiro atoms. The van der Waals surface area contributed by atoms with Crippen LogP contribution in [0.2, 0.25) is 0 Å². The van der Waals surface area contributed by atoms with Gasteiger partial charge in [0.05, 0.1) is 11.4 Å². The van der Waals surface area contributed by atoms with E-state index in [9.17, 15) is 18.0 Å². The molecule has 1 aliphatic heterocycles. The Balaban J connectivity index is 1.52. The van der Waals surface area contributed by atoms with Gasteiger partial charge in [0.1, 0.15) is 25.8 Å². The van der Waals surface area contributed by atoms with Gasteiger partial charge in [0.25, 0.3) is 0 Å². The van der Waals surface area contributed by atoms with Crippen LogP contribution in [0, 0.1) is 6.92 Å². The smallest absolute Gasteiger partial charge is 0.244 e. The van der Waals surface area contributed by atoms with Gasteiger partial charge in [-0.05, 0) is 49.9 Å². The van der Waals surface area contributed by atoms with Gasteiger partial charge in [-0.2, -0.15) is 0 Å². The summed E-state index contributed by atoms with van der Waals surface area (Å²) in [4.78, 5) is 30.2. The quantitative estimate of drug-likeness (QED) is 0.301. The van der Waals surface area contributed by atoms with Gasteiger partial charge in [0.2, 0.25) is 21.8 Å². The molecule has 1 N–H and O–H groups in total. The number of aryl methyl sites for hydroxylation is 1. The molecule has 0 radical (unpaired) electrons. The maximum Gasteiger partial charge on any atom is 0.244 e. The highest BCUT2D eigenvalue weighted by Crippen LogP contribution is 2.35. The van der Waals surface area contributed by atoms with Crippen molar-refractivity contribution in [2.24, 2.45) is 0 Å². The van der Waals surface area contributed by atoms with Crippen LogP contribution in [0.4, 0.5) is 5.69 Å². The number of benzene rings is 3. The van der Waals surface area contributed by atoms with Crippen molar-refractivity contribution in [3.8, 4) is 11.5 Å². The Hall–Kier alpha value is -4.05. The van der Waals surface area contributed by atoms with Crippen molar-refractivity contribution < 1.29 is 27.5 Å². The number of amides is 2. The first-order valence-corrected chi connectivity index (χ1v) is 17.4. The number of ether oxygens (including phenoxy) is 2. The van der Waals surface area contributed by atoms with E-state index in [1.54, 1.807) is 30.0 Å². The lowest BCUT2D eigenvalue weighted by molar-refractivity contribution is -0.140. The van der Waals surface area contributed by atoms with Crippen LogP contribution < -0.4 is 19.1 Å². The third-order valence-corrected chi connectivity index (χ3v) is 10.2. The summed E-state index contributed by atoms with van der Waals surface area (Å²) in [5.41, 5.74) is 3.10. The van der Waals surface area contributed by atoms with Crippen LogP contribution in [-0.2, 0) is 32.6 Å². The van der Waals surface area contributed by atoms with E-state index in [1.165, 1.54) is 0 Å². The van der Waals surface area contributed by atoms with Gasteiger partial charge >= 0.3 is 0 Å². The van der Waals surface area contributed by atoms with E-state index in [2.05, 4.69) is 5.32 Å². The Labute approximate surface area is 266 Å². The highest BCUT2D eigenvalue weighted by molar-refractivity contribution is 7.92. The molecule has 2 amide bonds. The normalized spacial score (nSPS) is 15.6. The van der Waals surface area contributed by atoms with Gasteiger partial charge in [-0.15, -0.1) is 0 Å². The van der Waals surface area contributed by atoms with Gasteiger partial charge in [0.15, 0.2) is 11.5 Å². The molecular formula is C35H43N3O6S. The average Bonchev–Trinajstić information content (AvgIpc) is 3.05. The third-order valence-electron chi connectivity index (χ3n) is 8.45. The standard InChI is InChI=1S/C35H43N3O6S/c1-3-45(41,42)38(30-17-18-32-33(23-30)44-20-19-43-32)25-34(39)37(24-28-14-10-11-26(2)21-28)31(22-27-12-6-4-7-13-27)35(40)36-29-15-8-5-9-16-29/h4,6-7,10-14,17-18,21,23,29,31H,3,5,8-9,15-16,19-20,22,24-25H2,1-2H3,(H,36,40)/t31-/m1/s1. The van der Waals surface area contributed by atoms with Crippen LogP contribution in [0.1, 0.15) is 55.7 Å². The number of sulfonamides is 1. The van der Waals surface area contributed by atoms with Crippen molar-refractivity contribution >= 4 is 27.5 Å². The van der Waals surface area contributed by atoms with Gasteiger partial charge < -0.3 is 19.7 Å². The maximum atomic E-state index is 14.5. The molecule has 5 rings (SSSR count). The number of fused-ring (bicyclic) bond motifs is 1. The minimum atomic E-state index is -3.89. The molecular weight excluding hydrogens is 590 g/mol. The zero-order valence-electron chi connectivity index (χ0n) is 26.1. The Morgan fingerprint density at radius 1 is 0.889 bits per heavy atom. The molecule has 0 unspecified atom stereocenters. The number of rotatable bonds is 12. The molecule has 1 atom stereocenters. The van der Waals surface area contributed by atoms with Crippen molar-refractivity contribution in [2.45, 2.75) is 71.0 Å². The molecule has 1 fully saturated rings. The predicted octanol–water partition coefficient (Wildman–Crippen LogP) is 5.01. The monoisotopic (exact) mass is 633 g/mol. The lowest BCUT2D eigenvalue weighted by atomic mass is 9.94. The SMILES string of the molecule is CCS(=O)(=O)N(CC(=O)N(Cc1cccc(C)c1)[C@H](Cc1ccccc1)C(=O)NC1CCCCC1)c1ccc2c(c1)OCCO2. The minimum absolute atomic E-state index is 0.0510. The molecule has 45 heavy (non-hydrogen) atoms. The van der Waals surface area contributed by atoms with E-state index in [4.69, 9.17) is 9.47 Å². The topological polar surface area (TPSA) is 105 Å². The van der Waals surface area contributed by atoms with E-state index in [0.717, 1.165) is 53.1 Å². The molecule has 2 aliphatic rings. The summed E-state index contributed by atoms with van der Waals surface area (Å²) in [6.45, 7) is 3.95. The zero-order chi connectivity index (χ0) is 31.8. The summed E-state index contributed by atoms with van der Waals surface area (Å²) in [5, 5.41) is 3.24. The summed E-state index contributed by atoms with van der Waals surface area (Å²) in [6, 6.07) is 21.5. The molecule has 240 valence electrons. The Kier molecular flexibility index (Phi) is 10.7. The van der Waals surface area contributed by atoms with Crippen molar-refractivity contribution in [3.63, 3.8) is 0 Å². The number of nitrogens with zero attached hydrogens (tertiary/aromatic N) is 2. The predicted molar refractivity (Wildman–Crippen MR) is 175 cm³/mol. The Bertz CT molecular complexity index is 1570. The van der Waals surface area contributed by atoms with Gasteiger partial charge in [-0.3, -0.25) is 13.9 Å². The molecule has 3 aromatic rings. The molecule has 0 aromatic heterocycles.